The number of carbonyl (C=O) groups excluding carboxylic acids is 1. The Kier molecular flexibility index (Phi) is 6.77. The Labute approximate surface area is 179 Å². The van der Waals surface area contributed by atoms with Crippen LogP contribution in [0, 0.1) is 5.41 Å². The highest BCUT2D eigenvalue weighted by Crippen LogP contribution is 2.37. The Morgan fingerprint density at radius 1 is 1.20 bits per heavy atom. The van der Waals surface area contributed by atoms with Crippen LogP contribution in [0.3, 0.4) is 0 Å². The molecule has 0 aliphatic rings. The highest BCUT2D eigenvalue weighted by Gasteiger charge is 2.35. The van der Waals surface area contributed by atoms with Crippen LogP contribution in [0.4, 0.5) is 0 Å². The van der Waals surface area contributed by atoms with E-state index in [1.54, 1.807) is 18.3 Å². The second kappa shape index (κ2) is 9.30. The lowest BCUT2D eigenvalue weighted by molar-refractivity contribution is -0.144. The minimum Gasteiger partial charge on any atom is -0.480 e. The summed E-state index contributed by atoms with van der Waals surface area (Å²) in [7, 11) is 0. The summed E-state index contributed by atoms with van der Waals surface area (Å²) in [5, 5.41) is 13.5. The molecule has 0 saturated heterocycles. The highest BCUT2D eigenvalue weighted by molar-refractivity contribution is 7.99. The number of pyridine rings is 1. The molecule has 2 aromatic heterocycles. The number of fused-ring (bicyclic) bond motifs is 1. The number of para-hydroxylation sites is 2. The lowest BCUT2D eigenvalue weighted by atomic mass is 9.86. The van der Waals surface area contributed by atoms with Crippen molar-refractivity contribution < 1.29 is 14.7 Å². The molecular formula is C22H26N4O3S. The number of benzene rings is 1. The number of amides is 1. The summed E-state index contributed by atoms with van der Waals surface area (Å²) < 4.78 is 1.83. The molecule has 30 heavy (non-hydrogen) atoms. The summed E-state index contributed by atoms with van der Waals surface area (Å²) in [6, 6.07) is 10.3. The maximum atomic E-state index is 12.1. The van der Waals surface area contributed by atoms with E-state index in [4.69, 9.17) is 0 Å². The minimum absolute atomic E-state index is 0.154. The Morgan fingerprint density at radius 3 is 2.63 bits per heavy atom. The van der Waals surface area contributed by atoms with Gasteiger partial charge in [-0.15, -0.1) is 0 Å². The van der Waals surface area contributed by atoms with Crippen LogP contribution < -0.4 is 5.32 Å². The molecule has 158 valence electrons. The van der Waals surface area contributed by atoms with Gasteiger partial charge in [-0.05, 0) is 36.1 Å². The third-order valence-corrected chi connectivity index (χ3v) is 5.68. The molecule has 0 aliphatic heterocycles. The van der Waals surface area contributed by atoms with Gasteiger partial charge in [0.05, 0.1) is 16.6 Å². The number of carboxylic acid groups (broad SMARTS) is 1. The van der Waals surface area contributed by atoms with Crippen LogP contribution in [0.2, 0.25) is 0 Å². The van der Waals surface area contributed by atoms with Crippen molar-refractivity contribution in [3.63, 3.8) is 0 Å². The van der Waals surface area contributed by atoms with Crippen molar-refractivity contribution >= 4 is 34.7 Å². The van der Waals surface area contributed by atoms with E-state index in [0.717, 1.165) is 17.5 Å². The molecule has 3 rings (SSSR count). The van der Waals surface area contributed by atoms with E-state index in [1.165, 1.54) is 18.0 Å². The zero-order valence-corrected chi connectivity index (χ0v) is 18.1. The van der Waals surface area contributed by atoms with Crippen LogP contribution in [0.25, 0.3) is 11.0 Å². The van der Waals surface area contributed by atoms with Gasteiger partial charge in [-0.1, -0.05) is 44.7 Å². The molecular weight excluding hydrogens is 400 g/mol. The predicted octanol–water partition coefficient (Wildman–Crippen LogP) is 4.02. The Bertz CT molecular complexity index is 1030. The monoisotopic (exact) mass is 426 g/mol. The van der Waals surface area contributed by atoms with Crippen molar-refractivity contribution in [2.75, 3.05) is 12.3 Å². The topological polar surface area (TPSA) is 97.1 Å². The second-order valence-electron chi connectivity index (χ2n) is 8.06. The number of hydrogen-bond donors (Lipinski definition) is 2. The van der Waals surface area contributed by atoms with Gasteiger partial charge >= 0.3 is 5.97 Å². The molecule has 2 N–H and O–H groups in total. The summed E-state index contributed by atoms with van der Waals surface area (Å²) in [6.07, 6.45) is 3.89. The molecule has 8 heteroatoms. The summed E-state index contributed by atoms with van der Waals surface area (Å²) in [5.74, 6) is -0.331. The van der Waals surface area contributed by atoms with Gasteiger partial charge in [0.25, 0.3) is 5.91 Å². The van der Waals surface area contributed by atoms with Gasteiger partial charge in [0.2, 0.25) is 0 Å². The third-order valence-electron chi connectivity index (χ3n) is 4.64. The van der Waals surface area contributed by atoms with E-state index in [-0.39, 0.29) is 5.91 Å². The number of carboxylic acids is 1. The molecule has 0 saturated carbocycles. The first kappa shape index (κ1) is 21.8. The Morgan fingerprint density at radius 2 is 1.97 bits per heavy atom. The number of imidazole rings is 1. The molecule has 1 aromatic carbocycles. The van der Waals surface area contributed by atoms with E-state index in [1.807, 2.05) is 49.6 Å². The molecule has 7 nitrogen and oxygen atoms in total. The molecule has 0 bridgehead atoms. The van der Waals surface area contributed by atoms with Gasteiger partial charge in [-0.25, -0.2) is 9.78 Å². The van der Waals surface area contributed by atoms with Gasteiger partial charge in [0, 0.05) is 24.7 Å². The van der Waals surface area contributed by atoms with Crippen LogP contribution in [-0.4, -0.2) is 43.8 Å². The molecule has 3 aromatic rings. The number of nitrogens with one attached hydrogen (secondary N) is 1. The molecule has 1 atom stereocenters. The summed E-state index contributed by atoms with van der Waals surface area (Å²) in [6.45, 7) is 6.28. The fourth-order valence-electron chi connectivity index (χ4n) is 3.28. The van der Waals surface area contributed by atoms with Gasteiger partial charge in [0.1, 0.15) is 6.04 Å². The lowest BCUT2D eigenvalue weighted by Gasteiger charge is -2.29. The Balaban J connectivity index is 1.70. The highest BCUT2D eigenvalue weighted by atomic mass is 32.2. The van der Waals surface area contributed by atoms with Crippen molar-refractivity contribution in [2.45, 2.75) is 38.4 Å². The fraction of sp³-hybridized carbons (Fsp3) is 0.364. The molecule has 0 fully saturated rings. The summed E-state index contributed by atoms with van der Waals surface area (Å²) in [4.78, 5) is 32.8. The van der Waals surface area contributed by atoms with Gasteiger partial charge in [-0.3, -0.25) is 9.78 Å². The number of aromatic nitrogens is 3. The SMILES string of the molecule is CC(C)(C)C(C(=O)O)n1c(SCCCNC(=O)c2cccnc2)nc2ccccc21. The van der Waals surface area contributed by atoms with E-state index in [0.29, 0.717) is 23.0 Å². The molecule has 0 spiro atoms. The molecule has 0 aliphatic carbocycles. The van der Waals surface area contributed by atoms with Crippen molar-refractivity contribution in [3.8, 4) is 0 Å². The minimum atomic E-state index is -0.878. The van der Waals surface area contributed by atoms with Gasteiger partial charge in [0.15, 0.2) is 5.16 Å². The largest absolute Gasteiger partial charge is 0.480 e. The van der Waals surface area contributed by atoms with Crippen molar-refractivity contribution in [1.82, 2.24) is 19.9 Å². The Hall–Kier alpha value is -2.87. The first-order chi connectivity index (χ1) is 14.3. The standard InChI is InChI=1S/C22H26N4O3S/c1-22(2,3)18(20(28)29)26-17-10-5-4-9-16(17)25-21(26)30-13-7-12-24-19(27)15-8-6-11-23-14-15/h4-6,8-11,14,18H,7,12-13H2,1-3H3,(H,24,27)(H,28,29). The van der Waals surface area contributed by atoms with Crippen LogP contribution in [-0.2, 0) is 4.79 Å². The van der Waals surface area contributed by atoms with Gasteiger partial charge < -0.3 is 15.0 Å². The number of hydrogen-bond acceptors (Lipinski definition) is 5. The molecule has 1 unspecified atom stereocenters. The van der Waals surface area contributed by atoms with E-state index >= 15 is 0 Å². The number of rotatable bonds is 8. The van der Waals surface area contributed by atoms with Crippen molar-refractivity contribution in [1.29, 1.82) is 0 Å². The molecule has 1 amide bonds. The maximum Gasteiger partial charge on any atom is 0.327 e. The van der Waals surface area contributed by atoms with E-state index < -0.39 is 17.4 Å². The number of thioether (sulfide) groups is 1. The van der Waals surface area contributed by atoms with Gasteiger partial charge in [-0.2, -0.15) is 0 Å². The first-order valence-corrected chi connectivity index (χ1v) is 10.8. The zero-order chi connectivity index (χ0) is 21.7. The predicted molar refractivity (Wildman–Crippen MR) is 118 cm³/mol. The summed E-state index contributed by atoms with van der Waals surface area (Å²) >= 11 is 1.51. The van der Waals surface area contributed by atoms with Crippen LogP contribution in [0.1, 0.15) is 43.6 Å². The number of carbonyl (C=O) groups is 2. The normalized spacial score (nSPS) is 12.6. The third kappa shape index (κ3) is 4.99. The molecule has 0 radical (unpaired) electrons. The molecule has 2 heterocycles. The average Bonchev–Trinajstić information content (AvgIpc) is 3.05. The van der Waals surface area contributed by atoms with E-state index in [9.17, 15) is 14.7 Å². The fourth-order valence-corrected chi connectivity index (χ4v) is 4.26. The van der Waals surface area contributed by atoms with E-state index in [2.05, 4.69) is 15.3 Å². The smallest absolute Gasteiger partial charge is 0.327 e. The second-order valence-corrected chi connectivity index (χ2v) is 9.12. The average molecular weight is 427 g/mol. The number of nitrogens with zero attached hydrogens (tertiary/aromatic N) is 3. The van der Waals surface area contributed by atoms with Crippen molar-refractivity contribution in [2.24, 2.45) is 5.41 Å². The maximum absolute atomic E-state index is 12.1. The lowest BCUT2D eigenvalue weighted by Crippen LogP contribution is -2.32. The summed E-state index contributed by atoms with van der Waals surface area (Å²) in [5.41, 5.74) is 1.64. The quantitative estimate of drug-likeness (QED) is 0.417. The van der Waals surface area contributed by atoms with Crippen LogP contribution in [0.15, 0.2) is 53.9 Å². The van der Waals surface area contributed by atoms with Crippen molar-refractivity contribution in [3.05, 3.63) is 54.4 Å². The zero-order valence-electron chi connectivity index (χ0n) is 17.3. The first-order valence-electron chi connectivity index (χ1n) is 9.80. The number of aliphatic carboxylic acids is 1. The van der Waals surface area contributed by atoms with Crippen LogP contribution in [0.5, 0.6) is 0 Å². The van der Waals surface area contributed by atoms with Crippen LogP contribution >= 0.6 is 11.8 Å².